The van der Waals surface area contributed by atoms with Crippen molar-refractivity contribution in [2.75, 3.05) is 0 Å². The number of hydrogen-bond acceptors (Lipinski definition) is 3. The molecule has 0 radical (unpaired) electrons. The minimum Gasteiger partial charge on any atom is -0.264 e. The summed E-state index contributed by atoms with van der Waals surface area (Å²) in [4.78, 5) is 14.5. The van der Waals surface area contributed by atoms with E-state index in [2.05, 4.69) is 183 Å². The third-order valence-corrected chi connectivity index (χ3v) is 12.2. The number of hydrogen-bond donors (Lipinski definition) is 0. The molecule has 0 bridgehead atoms. The molecule has 3 heteroatoms. The van der Waals surface area contributed by atoms with Crippen molar-refractivity contribution in [2.45, 2.75) is 19.3 Å². The topological polar surface area (TPSA) is 38.7 Å². The van der Waals surface area contributed by atoms with Crippen LogP contribution in [0.4, 0.5) is 0 Å². The molecule has 0 amide bonds. The zero-order chi connectivity index (χ0) is 39.5. The predicted molar refractivity (Wildman–Crippen MR) is 245 cm³/mol. The van der Waals surface area contributed by atoms with Gasteiger partial charge in [-0.25, -0.2) is 9.97 Å². The van der Waals surface area contributed by atoms with Crippen LogP contribution >= 0.6 is 0 Å². The van der Waals surface area contributed by atoms with Crippen LogP contribution in [0.5, 0.6) is 0 Å². The van der Waals surface area contributed by atoms with Crippen LogP contribution in [0.15, 0.2) is 200 Å². The summed E-state index contributed by atoms with van der Waals surface area (Å²) in [7, 11) is 0. The fourth-order valence-corrected chi connectivity index (χ4v) is 9.04. The fraction of sp³-hybridized carbons (Fsp3) is 0.0536. The molecule has 0 spiro atoms. The average molecular weight is 754 g/mol. The fourth-order valence-electron chi connectivity index (χ4n) is 9.04. The van der Waals surface area contributed by atoms with Crippen molar-refractivity contribution in [3.05, 3.63) is 212 Å². The maximum Gasteiger partial charge on any atom is 0.160 e. The molecule has 8 aromatic carbocycles. The number of pyridine rings is 1. The van der Waals surface area contributed by atoms with E-state index >= 15 is 0 Å². The monoisotopic (exact) mass is 753 g/mol. The normalized spacial score (nSPS) is 12.7. The molecule has 1 aliphatic carbocycles. The Hall–Kier alpha value is -7.49. The Kier molecular flexibility index (Phi) is 8.16. The first-order chi connectivity index (χ1) is 29.0. The van der Waals surface area contributed by atoms with Crippen molar-refractivity contribution in [3.8, 4) is 78.4 Å². The largest absolute Gasteiger partial charge is 0.264 e. The second-order valence-corrected chi connectivity index (χ2v) is 16.1. The second-order valence-electron chi connectivity index (χ2n) is 16.1. The zero-order valence-electron chi connectivity index (χ0n) is 32.9. The minimum atomic E-state index is -0.0901. The van der Waals surface area contributed by atoms with Crippen molar-refractivity contribution in [2.24, 2.45) is 0 Å². The number of benzene rings is 8. The minimum absolute atomic E-state index is 0.0901. The Morgan fingerprint density at radius 2 is 0.949 bits per heavy atom. The van der Waals surface area contributed by atoms with Crippen LogP contribution in [-0.4, -0.2) is 15.0 Å². The molecule has 1 aliphatic rings. The molecule has 0 aliphatic heterocycles. The van der Waals surface area contributed by atoms with Gasteiger partial charge in [0.15, 0.2) is 5.82 Å². The maximum absolute atomic E-state index is 5.11. The standard InChI is InChI=1S/C56H39N3/c1-56(2)51-18-10-9-17-45(51)50-32-48-46(38-12-5-3-6-13-38)31-43-28-27-42(30-47(43)49(48)33-52(50)56)36-19-23-39(24-20-36)53-34-54(59-55(58-53)41-14-7-4-8-15-41)40-25-21-37(22-26-40)44-16-11-29-57-35-44/h3-35H,1-2H3. The summed E-state index contributed by atoms with van der Waals surface area (Å²) < 4.78 is 0. The van der Waals surface area contributed by atoms with E-state index in [-0.39, 0.29) is 5.41 Å². The highest BCUT2D eigenvalue weighted by molar-refractivity contribution is 6.16. The van der Waals surface area contributed by atoms with E-state index in [1.165, 1.54) is 60.5 Å². The smallest absolute Gasteiger partial charge is 0.160 e. The van der Waals surface area contributed by atoms with Gasteiger partial charge < -0.3 is 0 Å². The third-order valence-electron chi connectivity index (χ3n) is 12.2. The van der Waals surface area contributed by atoms with Crippen molar-refractivity contribution in [1.29, 1.82) is 0 Å². The van der Waals surface area contributed by atoms with Crippen LogP contribution in [-0.2, 0) is 5.41 Å². The van der Waals surface area contributed by atoms with Gasteiger partial charge in [-0.1, -0.05) is 166 Å². The van der Waals surface area contributed by atoms with E-state index < -0.39 is 0 Å². The first-order valence-electron chi connectivity index (χ1n) is 20.2. The van der Waals surface area contributed by atoms with Crippen LogP contribution in [0.25, 0.3) is 100.0 Å². The summed E-state index contributed by atoms with van der Waals surface area (Å²) in [6, 6.07) is 67.7. The van der Waals surface area contributed by atoms with Crippen molar-refractivity contribution < 1.29 is 0 Å². The lowest BCUT2D eigenvalue weighted by Crippen LogP contribution is -2.14. The molecule has 278 valence electrons. The summed E-state index contributed by atoms with van der Waals surface area (Å²) in [6.07, 6.45) is 3.69. The van der Waals surface area contributed by atoms with E-state index in [0.717, 1.165) is 44.8 Å². The Bertz CT molecular complexity index is 3190. The van der Waals surface area contributed by atoms with Crippen LogP contribution < -0.4 is 0 Å². The van der Waals surface area contributed by atoms with E-state index in [4.69, 9.17) is 9.97 Å². The molecule has 2 aromatic heterocycles. The second kappa shape index (κ2) is 13.9. The first kappa shape index (κ1) is 34.7. The molecule has 10 aromatic rings. The summed E-state index contributed by atoms with van der Waals surface area (Å²) in [5, 5.41) is 5.07. The molecule has 11 rings (SSSR count). The van der Waals surface area contributed by atoms with E-state index in [0.29, 0.717) is 5.82 Å². The van der Waals surface area contributed by atoms with Crippen molar-refractivity contribution >= 4 is 21.5 Å². The van der Waals surface area contributed by atoms with Gasteiger partial charge >= 0.3 is 0 Å². The molecule has 0 saturated heterocycles. The molecular weight excluding hydrogens is 715 g/mol. The highest BCUT2D eigenvalue weighted by atomic mass is 14.9. The number of fused-ring (bicyclic) bond motifs is 6. The lowest BCUT2D eigenvalue weighted by Gasteiger charge is -2.22. The molecule has 0 unspecified atom stereocenters. The molecule has 0 N–H and O–H groups in total. The van der Waals surface area contributed by atoms with Gasteiger partial charge in [0.05, 0.1) is 11.4 Å². The molecule has 3 nitrogen and oxygen atoms in total. The van der Waals surface area contributed by atoms with Crippen molar-refractivity contribution in [1.82, 2.24) is 15.0 Å². The summed E-state index contributed by atoms with van der Waals surface area (Å²) >= 11 is 0. The summed E-state index contributed by atoms with van der Waals surface area (Å²) in [5.41, 5.74) is 17.2. The Balaban J connectivity index is 1.01. The van der Waals surface area contributed by atoms with Crippen LogP contribution in [0, 0.1) is 0 Å². The van der Waals surface area contributed by atoms with Gasteiger partial charge in [-0.2, -0.15) is 0 Å². The quantitative estimate of drug-likeness (QED) is 0.159. The van der Waals surface area contributed by atoms with Gasteiger partial charge in [0.2, 0.25) is 0 Å². The van der Waals surface area contributed by atoms with E-state index in [1.807, 2.05) is 30.5 Å². The summed E-state index contributed by atoms with van der Waals surface area (Å²) in [5.74, 6) is 0.701. The Morgan fingerprint density at radius 1 is 0.356 bits per heavy atom. The van der Waals surface area contributed by atoms with E-state index in [9.17, 15) is 0 Å². The number of nitrogens with zero attached hydrogens (tertiary/aromatic N) is 3. The highest BCUT2D eigenvalue weighted by Gasteiger charge is 2.35. The lowest BCUT2D eigenvalue weighted by molar-refractivity contribution is 0.661. The highest BCUT2D eigenvalue weighted by Crippen LogP contribution is 2.51. The third kappa shape index (κ3) is 6.02. The molecule has 0 saturated carbocycles. The predicted octanol–water partition coefficient (Wildman–Crippen LogP) is 14.5. The van der Waals surface area contributed by atoms with Crippen LogP contribution in [0.3, 0.4) is 0 Å². The van der Waals surface area contributed by atoms with Gasteiger partial charge in [0.25, 0.3) is 0 Å². The van der Waals surface area contributed by atoms with Crippen LogP contribution in [0.2, 0.25) is 0 Å². The zero-order valence-corrected chi connectivity index (χ0v) is 32.9. The maximum atomic E-state index is 5.11. The van der Waals surface area contributed by atoms with Gasteiger partial charge in [-0.3, -0.25) is 4.98 Å². The SMILES string of the molecule is CC1(C)c2ccccc2-c2cc3c(-c4ccccc4)cc4ccc(-c5ccc(-c6cc(-c7ccc(-c8cccnc8)cc7)nc(-c7ccccc7)n6)cc5)cc4c3cc21. The van der Waals surface area contributed by atoms with Crippen LogP contribution in [0.1, 0.15) is 25.0 Å². The molecule has 0 atom stereocenters. The van der Waals surface area contributed by atoms with Crippen molar-refractivity contribution in [3.63, 3.8) is 0 Å². The first-order valence-corrected chi connectivity index (χ1v) is 20.2. The van der Waals surface area contributed by atoms with Gasteiger partial charge in [-0.05, 0) is 114 Å². The number of aromatic nitrogens is 3. The number of rotatable bonds is 6. The molecule has 2 heterocycles. The molecular formula is C56H39N3. The van der Waals surface area contributed by atoms with E-state index in [1.54, 1.807) is 6.20 Å². The summed E-state index contributed by atoms with van der Waals surface area (Å²) in [6.45, 7) is 4.73. The van der Waals surface area contributed by atoms with Gasteiger partial charge in [0.1, 0.15) is 0 Å². The Morgan fingerprint density at radius 3 is 1.63 bits per heavy atom. The van der Waals surface area contributed by atoms with Gasteiger partial charge in [0, 0.05) is 34.5 Å². The van der Waals surface area contributed by atoms with Gasteiger partial charge in [-0.15, -0.1) is 0 Å². The molecule has 0 fully saturated rings. The molecule has 59 heavy (non-hydrogen) atoms. The Labute approximate surface area is 344 Å². The average Bonchev–Trinajstić information content (AvgIpc) is 3.53. The lowest BCUT2D eigenvalue weighted by atomic mass is 9.81.